The van der Waals surface area contributed by atoms with Crippen molar-refractivity contribution in [2.45, 2.75) is 52.7 Å². The molecule has 7 rings (SSSR count). The third-order valence-corrected chi connectivity index (χ3v) is 8.78. The number of aryl methyl sites for hydroxylation is 3. The Balaban J connectivity index is 1.42. The van der Waals surface area contributed by atoms with Gasteiger partial charge >= 0.3 is 10.3 Å². The monoisotopic (exact) mass is 538 g/mol. The molecular weight excluding hydrogens is 512 g/mol. The highest BCUT2D eigenvalue weighted by atomic mass is 35.5. The number of rotatable bonds is 0. The van der Waals surface area contributed by atoms with Crippen molar-refractivity contribution in [2.75, 3.05) is 6.61 Å². The number of ether oxygens (including phenoxy) is 1. The van der Waals surface area contributed by atoms with E-state index in [1.165, 1.54) is 15.9 Å². The van der Waals surface area contributed by atoms with E-state index in [1.807, 2.05) is 17.7 Å². The van der Waals surface area contributed by atoms with Crippen LogP contribution in [-0.2, 0) is 36.4 Å². The molecule has 1 aromatic heterocycles. The Labute approximate surface area is 221 Å². The Morgan fingerprint density at radius 1 is 0.946 bits per heavy atom. The minimum atomic E-state index is -3.98. The predicted molar refractivity (Wildman–Crippen MR) is 141 cm³/mol. The Hall–Kier alpha value is -3.14. The second-order valence-corrected chi connectivity index (χ2v) is 11.7. The zero-order valence-corrected chi connectivity index (χ0v) is 22.3. The van der Waals surface area contributed by atoms with Gasteiger partial charge in [0, 0.05) is 31.3 Å². The van der Waals surface area contributed by atoms with Crippen LogP contribution in [0.25, 0.3) is 11.0 Å². The normalized spacial score (nSPS) is 19.1. The number of nitrogens with zero attached hydrogens (tertiary/aromatic N) is 4. The molecule has 1 unspecified atom stereocenters. The van der Waals surface area contributed by atoms with Gasteiger partial charge in [0.05, 0.1) is 17.1 Å². The standard InChI is InChI=1S/C27H27ClN4O4S/c1-17-5-6-19-11-20-7-8-24-27(18(20)2)29-30-32(24)9-3-4-10-35-26-13-22-16-31(15-21(17)12-19)37(33,34)36-25(22)14-23(26)28/h5-8,12-14H,3-4,9-11,15-16H2,1-2H3. The van der Waals surface area contributed by atoms with Gasteiger partial charge in [-0.2, -0.15) is 12.7 Å². The molecule has 0 radical (unpaired) electrons. The molecule has 4 heterocycles. The average Bonchev–Trinajstić information content (AvgIpc) is 3.26. The molecule has 0 N–H and O–H groups in total. The van der Waals surface area contributed by atoms with Crippen LogP contribution >= 0.6 is 11.6 Å². The third kappa shape index (κ3) is 4.56. The number of fused-ring (bicyclic) bond motifs is 5. The lowest BCUT2D eigenvalue weighted by Crippen LogP contribution is -2.37. The summed E-state index contributed by atoms with van der Waals surface area (Å²) in [6, 6.07) is 13.7. The van der Waals surface area contributed by atoms with E-state index in [9.17, 15) is 8.42 Å². The second kappa shape index (κ2) is 9.31. The summed E-state index contributed by atoms with van der Waals surface area (Å²) < 4.78 is 40.7. The topological polar surface area (TPSA) is 86.5 Å². The summed E-state index contributed by atoms with van der Waals surface area (Å²) in [4.78, 5) is 0. The Kier molecular flexibility index (Phi) is 6.09. The quantitative estimate of drug-likeness (QED) is 0.309. The van der Waals surface area contributed by atoms with E-state index in [2.05, 4.69) is 41.5 Å². The Bertz CT molecular complexity index is 1630. The van der Waals surface area contributed by atoms with Gasteiger partial charge in [0.15, 0.2) is 0 Å². The van der Waals surface area contributed by atoms with E-state index in [-0.39, 0.29) is 18.8 Å². The minimum Gasteiger partial charge on any atom is -0.492 e. The highest BCUT2D eigenvalue weighted by Crippen LogP contribution is 2.38. The second-order valence-electron chi connectivity index (χ2n) is 9.72. The van der Waals surface area contributed by atoms with E-state index in [4.69, 9.17) is 20.5 Å². The van der Waals surface area contributed by atoms with Gasteiger partial charge in [-0.25, -0.2) is 4.68 Å². The van der Waals surface area contributed by atoms with Crippen LogP contribution in [0.4, 0.5) is 0 Å². The van der Waals surface area contributed by atoms with Gasteiger partial charge in [0.25, 0.3) is 0 Å². The first-order valence-electron chi connectivity index (χ1n) is 12.3. The largest absolute Gasteiger partial charge is 0.492 e. The van der Waals surface area contributed by atoms with Crippen LogP contribution in [-0.4, -0.2) is 34.3 Å². The lowest BCUT2D eigenvalue weighted by molar-refractivity contribution is 0.297. The van der Waals surface area contributed by atoms with Crippen molar-refractivity contribution < 1.29 is 17.3 Å². The van der Waals surface area contributed by atoms with Crippen molar-refractivity contribution in [1.82, 2.24) is 19.3 Å². The molecule has 8 nitrogen and oxygen atoms in total. The summed E-state index contributed by atoms with van der Waals surface area (Å²) in [6.07, 6.45) is 2.38. The lowest BCUT2D eigenvalue weighted by Gasteiger charge is -2.29. The third-order valence-electron chi connectivity index (χ3n) is 7.20. The first-order chi connectivity index (χ1) is 17.8. The zero-order valence-electron chi connectivity index (χ0n) is 20.7. The number of hydrogen-bond acceptors (Lipinski definition) is 6. The molecular formula is C27H27ClN4O4S. The van der Waals surface area contributed by atoms with Crippen LogP contribution in [0, 0.1) is 13.8 Å². The van der Waals surface area contributed by atoms with Crippen molar-refractivity contribution in [3.63, 3.8) is 0 Å². The van der Waals surface area contributed by atoms with Crippen LogP contribution in [0.15, 0.2) is 42.5 Å². The van der Waals surface area contributed by atoms with Crippen LogP contribution in [0.2, 0.25) is 5.02 Å². The average molecular weight is 539 g/mol. The van der Waals surface area contributed by atoms with Gasteiger partial charge in [-0.1, -0.05) is 41.1 Å². The van der Waals surface area contributed by atoms with Crippen molar-refractivity contribution in [3.8, 4) is 11.5 Å². The summed E-state index contributed by atoms with van der Waals surface area (Å²) in [5.74, 6) is 0.764. The van der Waals surface area contributed by atoms with Gasteiger partial charge in [-0.05, 0) is 73.1 Å². The molecule has 192 valence electrons. The molecule has 3 aliphatic heterocycles. The molecule has 0 spiro atoms. The van der Waals surface area contributed by atoms with Gasteiger partial charge in [-0.15, -0.1) is 5.10 Å². The van der Waals surface area contributed by atoms with Crippen molar-refractivity contribution in [2.24, 2.45) is 0 Å². The Morgan fingerprint density at radius 3 is 2.65 bits per heavy atom. The molecule has 0 aliphatic carbocycles. The summed E-state index contributed by atoms with van der Waals surface area (Å²) >= 11 is 6.40. The first-order valence-corrected chi connectivity index (χ1v) is 14.1. The highest BCUT2D eigenvalue weighted by Gasteiger charge is 2.33. The summed E-state index contributed by atoms with van der Waals surface area (Å²) in [6.45, 7) is 5.66. The molecule has 3 aromatic carbocycles. The molecule has 0 amide bonds. The number of hydrogen-bond donors (Lipinski definition) is 0. The van der Waals surface area contributed by atoms with E-state index in [0.717, 1.165) is 58.2 Å². The van der Waals surface area contributed by atoms with Crippen LogP contribution in [0.1, 0.15) is 46.2 Å². The zero-order chi connectivity index (χ0) is 25.7. The first kappa shape index (κ1) is 24.2. The fraction of sp³-hybridized carbons (Fsp3) is 0.333. The lowest BCUT2D eigenvalue weighted by atomic mass is 9.96. The molecule has 37 heavy (non-hydrogen) atoms. The maximum atomic E-state index is 13.0. The molecule has 0 saturated heterocycles. The SMILES string of the molecule is Cc1ccc2cc1CN1Cc3cc(c(Cl)cc3OS1(=O)=O)OCCCCn1nnc3c(C)c(ccc31)C2. The maximum absolute atomic E-state index is 13.0. The number of aromatic nitrogens is 3. The molecule has 4 aromatic rings. The fourth-order valence-corrected chi connectivity index (χ4v) is 6.28. The molecule has 0 fully saturated rings. The molecule has 1 atom stereocenters. The van der Waals surface area contributed by atoms with Crippen LogP contribution < -0.4 is 8.92 Å². The summed E-state index contributed by atoms with van der Waals surface area (Å²) in [5, 5.41) is 9.19. The van der Waals surface area contributed by atoms with E-state index in [0.29, 0.717) is 23.8 Å². The predicted octanol–water partition coefficient (Wildman–Crippen LogP) is 5.10. The highest BCUT2D eigenvalue weighted by molar-refractivity contribution is 7.84. The van der Waals surface area contributed by atoms with E-state index < -0.39 is 10.3 Å². The van der Waals surface area contributed by atoms with Crippen LogP contribution in [0.3, 0.4) is 0 Å². The van der Waals surface area contributed by atoms with Gasteiger partial charge in [0.1, 0.15) is 17.0 Å². The maximum Gasteiger partial charge on any atom is 0.385 e. The van der Waals surface area contributed by atoms with E-state index >= 15 is 0 Å². The molecule has 0 saturated carbocycles. The molecule has 10 heteroatoms. The smallest absolute Gasteiger partial charge is 0.385 e. The van der Waals surface area contributed by atoms with Crippen molar-refractivity contribution >= 4 is 32.9 Å². The molecule has 9 bridgehead atoms. The van der Waals surface area contributed by atoms with E-state index in [1.54, 1.807) is 6.07 Å². The number of halogens is 1. The van der Waals surface area contributed by atoms with Gasteiger partial charge in [0.2, 0.25) is 0 Å². The Morgan fingerprint density at radius 2 is 1.78 bits per heavy atom. The minimum absolute atomic E-state index is 0.177. The number of benzene rings is 3. The van der Waals surface area contributed by atoms with Gasteiger partial charge < -0.3 is 8.92 Å². The van der Waals surface area contributed by atoms with Crippen molar-refractivity contribution in [3.05, 3.63) is 80.9 Å². The van der Waals surface area contributed by atoms with Crippen LogP contribution in [0.5, 0.6) is 11.5 Å². The van der Waals surface area contributed by atoms with Crippen molar-refractivity contribution in [1.29, 1.82) is 0 Å². The fourth-order valence-electron chi connectivity index (χ4n) is 4.99. The van der Waals surface area contributed by atoms with Gasteiger partial charge in [-0.3, -0.25) is 0 Å². The molecule has 3 aliphatic rings. The summed E-state index contributed by atoms with van der Waals surface area (Å²) in [7, 11) is -3.98. The summed E-state index contributed by atoms with van der Waals surface area (Å²) in [5.41, 5.74) is 7.97.